The predicted molar refractivity (Wildman–Crippen MR) is 113 cm³/mol. The van der Waals surface area contributed by atoms with Gasteiger partial charge in [0.1, 0.15) is 11.5 Å². The molecule has 10 heteroatoms. The monoisotopic (exact) mass is 437 g/mol. The number of hydrogen-bond acceptors (Lipinski definition) is 9. The third-order valence-corrected chi connectivity index (χ3v) is 6.88. The Morgan fingerprint density at radius 3 is 2.78 bits per heavy atom. The van der Waals surface area contributed by atoms with Gasteiger partial charge >= 0.3 is 0 Å². The molecule has 2 aliphatic heterocycles. The minimum absolute atomic E-state index is 0.00612. The number of nitrogens with zero attached hydrogens (tertiary/aromatic N) is 7. The number of carbonyl (C=O) groups excluding carboxylic acids is 1. The molecule has 2 atom stereocenters. The Labute approximate surface area is 186 Å². The van der Waals surface area contributed by atoms with Crippen molar-refractivity contribution < 1.29 is 13.8 Å². The SMILES string of the molecule is Cc1noc(C)c1CCC(=O)N1C[C@@H](c2nc(-c3cnccn3)no2)[C@]2(CCN(C)C2)C1. The van der Waals surface area contributed by atoms with Gasteiger partial charge in [0, 0.05) is 49.4 Å². The highest BCUT2D eigenvalue weighted by Crippen LogP contribution is 2.48. The Hall–Kier alpha value is -3.14. The Morgan fingerprint density at radius 1 is 1.22 bits per heavy atom. The van der Waals surface area contributed by atoms with Gasteiger partial charge in [-0.05, 0) is 40.3 Å². The first kappa shape index (κ1) is 20.7. The van der Waals surface area contributed by atoms with E-state index in [-0.39, 0.29) is 17.2 Å². The smallest absolute Gasteiger partial charge is 0.232 e. The van der Waals surface area contributed by atoms with Crippen LogP contribution in [0.4, 0.5) is 0 Å². The van der Waals surface area contributed by atoms with Crippen LogP contribution in [0.15, 0.2) is 27.6 Å². The number of carbonyl (C=O) groups is 1. The van der Waals surface area contributed by atoms with Gasteiger partial charge in [0.15, 0.2) is 0 Å². The van der Waals surface area contributed by atoms with E-state index in [1.165, 1.54) is 0 Å². The van der Waals surface area contributed by atoms with Crippen molar-refractivity contribution in [3.63, 3.8) is 0 Å². The largest absolute Gasteiger partial charge is 0.361 e. The molecule has 2 saturated heterocycles. The van der Waals surface area contributed by atoms with Crippen LogP contribution in [0.3, 0.4) is 0 Å². The number of aryl methyl sites for hydroxylation is 2. The highest BCUT2D eigenvalue weighted by atomic mass is 16.5. The summed E-state index contributed by atoms with van der Waals surface area (Å²) in [7, 11) is 2.12. The molecule has 0 saturated carbocycles. The first-order valence-electron chi connectivity index (χ1n) is 10.9. The molecule has 168 valence electrons. The Kier molecular flexibility index (Phi) is 5.24. The summed E-state index contributed by atoms with van der Waals surface area (Å²) in [6, 6.07) is 0. The minimum atomic E-state index is -0.0837. The molecule has 1 amide bonds. The normalized spacial score (nSPS) is 23.5. The van der Waals surface area contributed by atoms with Crippen LogP contribution >= 0.6 is 0 Å². The lowest BCUT2D eigenvalue weighted by Crippen LogP contribution is -2.34. The third-order valence-electron chi connectivity index (χ3n) is 6.88. The summed E-state index contributed by atoms with van der Waals surface area (Å²) in [6.07, 6.45) is 6.88. The molecule has 10 nitrogen and oxygen atoms in total. The molecular formula is C22H27N7O3. The van der Waals surface area contributed by atoms with E-state index in [1.807, 2.05) is 18.7 Å². The Balaban J connectivity index is 1.35. The molecule has 5 rings (SSSR count). The van der Waals surface area contributed by atoms with Crippen LogP contribution < -0.4 is 0 Å². The second-order valence-corrected chi connectivity index (χ2v) is 9.03. The summed E-state index contributed by atoms with van der Waals surface area (Å²) in [5.74, 6) is 1.91. The minimum Gasteiger partial charge on any atom is -0.361 e. The van der Waals surface area contributed by atoms with E-state index in [9.17, 15) is 4.79 Å². The highest BCUT2D eigenvalue weighted by molar-refractivity contribution is 5.77. The molecule has 0 N–H and O–H groups in total. The van der Waals surface area contributed by atoms with Gasteiger partial charge in [-0.1, -0.05) is 10.3 Å². The van der Waals surface area contributed by atoms with Gasteiger partial charge in [0.2, 0.25) is 17.6 Å². The van der Waals surface area contributed by atoms with E-state index < -0.39 is 0 Å². The lowest BCUT2D eigenvalue weighted by atomic mass is 9.77. The van der Waals surface area contributed by atoms with Crippen molar-refractivity contribution in [1.82, 2.24) is 35.1 Å². The van der Waals surface area contributed by atoms with Gasteiger partial charge in [-0.3, -0.25) is 9.78 Å². The van der Waals surface area contributed by atoms with Crippen LogP contribution in [0.1, 0.15) is 41.7 Å². The standard InChI is InChI=1S/C22H27N7O3/c1-14-16(15(2)31-26-14)4-5-19(30)29-11-17(22(13-29)6-9-28(3)12-22)21-25-20(27-32-21)18-10-23-7-8-24-18/h7-8,10,17H,4-6,9,11-13H2,1-3H3/t17-,22-/m0/s1. The maximum absolute atomic E-state index is 13.2. The van der Waals surface area contributed by atoms with Crippen molar-refractivity contribution >= 4 is 5.91 Å². The van der Waals surface area contributed by atoms with E-state index in [2.05, 4.69) is 37.2 Å². The molecule has 3 aromatic heterocycles. The summed E-state index contributed by atoms with van der Waals surface area (Å²) in [6.45, 7) is 6.97. The first-order valence-corrected chi connectivity index (χ1v) is 10.9. The number of aromatic nitrogens is 5. The summed E-state index contributed by atoms with van der Waals surface area (Å²) in [5, 5.41) is 8.14. The zero-order valence-electron chi connectivity index (χ0n) is 18.6. The topological polar surface area (TPSA) is 114 Å². The molecule has 0 aromatic carbocycles. The molecular weight excluding hydrogens is 410 g/mol. The lowest BCUT2D eigenvalue weighted by Gasteiger charge is -2.27. The maximum atomic E-state index is 13.2. The van der Waals surface area contributed by atoms with Crippen molar-refractivity contribution in [2.24, 2.45) is 5.41 Å². The Bertz CT molecular complexity index is 1090. The molecule has 3 aromatic rings. The summed E-state index contributed by atoms with van der Waals surface area (Å²) >= 11 is 0. The van der Waals surface area contributed by atoms with Gasteiger partial charge < -0.3 is 18.8 Å². The average molecular weight is 438 g/mol. The molecule has 0 unspecified atom stereocenters. The second-order valence-electron chi connectivity index (χ2n) is 9.03. The number of rotatable bonds is 5. The van der Waals surface area contributed by atoms with Crippen LogP contribution in [-0.2, 0) is 11.2 Å². The van der Waals surface area contributed by atoms with Crippen molar-refractivity contribution in [2.75, 3.05) is 33.2 Å². The van der Waals surface area contributed by atoms with Crippen molar-refractivity contribution in [2.45, 2.75) is 39.0 Å². The third kappa shape index (κ3) is 3.68. The van der Waals surface area contributed by atoms with Crippen molar-refractivity contribution in [3.8, 4) is 11.5 Å². The summed E-state index contributed by atoms with van der Waals surface area (Å²) in [5.41, 5.74) is 2.37. The van der Waals surface area contributed by atoms with Gasteiger partial charge in [-0.15, -0.1) is 0 Å². The molecule has 2 aliphatic rings. The fourth-order valence-electron chi connectivity index (χ4n) is 5.17. The highest BCUT2D eigenvalue weighted by Gasteiger charge is 2.53. The summed E-state index contributed by atoms with van der Waals surface area (Å²) < 4.78 is 10.9. The number of likely N-dealkylation sites (tertiary alicyclic amines) is 2. The molecule has 5 heterocycles. The molecule has 0 aliphatic carbocycles. The van der Waals surface area contributed by atoms with Gasteiger partial charge in [-0.25, -0.2) is 4.98 Å². The van der Waals surface area contributed by atoms with E-state index >= 15 is 0 Å². The van der Waals surface area contributed by atoms with Crippen LogP contribution in [0.5, 0.6) is 0 Å². The molecule has 0 radical (unpaired) electrons. The van der Waals surface area contributed by atoms with Gasteiger partial charge in [0.25, 0.3) is 0 Å². The fraction of sp³-hybridized carbons (Fsp3) is 0.545. The van der Waals surface area contributed by atoms with Gasteiger partial charge in [-0.2, -0.15) is 4.98 Å². The Morgan fingerprint density at radius 2 is 2.09 bits per heavy atom. The number of hydrogen-bond donors (Lipinski definition) is 0. The van der Waals surface area contributed by atoms with Crippen LogP contribution in [0, 0.1) is 19.3 Å². The first-order chi connectivity index (χ1) is 15.4. The zero-order chi connectivity index (χ0) is 22.3. The summed E-state index contributed by atoms with van der Waals surface area (Å²) in [4.78, 5) is 30.4. The van der Waals surface area contributed by atoms with Crippen LogP contribution in [0.25, 0.3) is 11.5 Å². The molecule has 2 fully saturated rings. The quantitative estimate of drug-likeness (QED) is 0.591. The fourth-order valence-corrected chi connectivity index (χ4v) is 5.17. The molecule has 0 bridgehead atoms. The lowest BCUT2D eigenvalue weighted by molar-refractivity contribution is -0.130. The average Bonchev–Trinajstić information content (AvgIpc) is 3.56. The van der Waals surface area contributed by atoms with Crippen molar-refractivity contribution in [1.29, 1.82) is 0 Å². The molecule has 32 heavy (non-hydrogen) atoms. The number of amides is 1. The molecule has 1 spiro atoms. The van der Waals surface area contributed by atoms with Crippen LogP contribution in [0.2, 0.25) is 0 Å². The van der Waals surface area contributed by atoms with E-state index in [4.69, 9.17) is 9.05 Å². The van der Waals surface area contributed by atoms with Crippen LogP contribution in [-0.4, -0.2) is 74.2 Å². The van der Waals surface area contributed by atoms with Gasteiger partial charge in [0.05, 0.1) is 17.8 Å². The van der Waals surface area contributed by atoms with E-state index in [0.29, 0.717) is 43.3 Å². The second kappa shape index (κ2) is 8.09. The predicted octanol–water partition coefficient (Wildman–Crippen LogP) is 2.01. The van der Waals surface area contributed by atoms with E-state index in [1.54, 1.807) is 18.6 Å². The van der Waals surface area contributed by atoms with E-state index in [0.717, 1.165) is 36.5 Å². The van der Waals surface area contributed by atoms with Crippen molar-refractivity contribution in [3.05, 3.63) is 41.5 Å². The zero-order valence-corrected chi connectivity index (χ0v) is 18.6. The maximum Gasteiger partial charge on any atom is 0.232 e.